The molecule has 0 unspecified atom stereocenters. The highest BCUT2D eigenvalue weighted by atomic mass is 35.5. The highest BCUT2D eigenvalue weighted by Crippen LogP contribution is 2.22. The van der Waals surface area contributed by atoms with Crippen molar-refractivity contribution in [1.29, 1.82) is 0 Å². The fourth-order valence-corrected chi connectivity index (χ4v) is 2.00. The van der Waals surface area contributed by atoms with Crippen LogP contribution in [0.5, 0.6) is 0 Å². The second kappa shape index (κ2) is 3.99. The third-order valence-electron chi connectivity index (χ3n) is 2.54. The number of pyridine rings is 1. The zero-order chi connectivity index (χ0) is 12.7. The molecular weight excluding hydrogens is 257 g/mol. The van der Waals surface area contributed by atoms with Gasteiger partial charge in [-0.15, -0.1) is 10.2 Å². The molecule has 0 spiro atoms. The molecule has 3 aromatic rings. The molecule has 0 aliphatic carbocycles. The smallest absolute Gasteiger partial charge is 0.172 e. The van der Waals surface area contributed by atoms with Crippen LogP contribution >= 0.6 is 11.6 Å². The number of aryl methyl sites for hydroxylation is 1. The van der Waals surface area contributed by atoms with Crippen molar-refractivity contribution in [2.24, 2.45) is 0 Å². The lowest BCUT2D eigenvalue weighted by Gasteiger charge is -2.04. The van der Waals surface area contributed by atoms with Gasteiger partial charge in [-0.3, -0.25) is 9.38 Å². The molecule has 0 aliphatic heterocycles. The van der Waals surface area contributed by atoms with E-state index in [4.69, 9.17) is 11.6 Å². The van der Waals surface area contributed by atoms with Crippen LogP contribution in [-0.2, 0) is 0 Å². The van der Waals surface area contributed by atoms with Crippen LogP contribution in [0.15, 0.2) is 24.5 Å². The second-order valence-corrected chi connectivity index (χ2v) is 4.09. The highest BCUT2D eigenvalue weighted by Gasteiger charge is 2.14. The van der Waals surface area contributed by atoms with Crippen molar-refractivity contribution in [1.82, 2.24) is 24.6 Å². The first-order valence-corrected chi connectivity index (χ1v) is 5.53. The Morgan fingerprint density at radius 3 is 2.94 bits per heavy atom. The van der Waals surface area contributed by atoms with Gasteiger partial charge < -0.3 is 0 Å². The van der Waals surface area contributed by atoms with E-state index in [1.807, 2.05) is 0 Å². The van der Waals surface area contributed by atoms with Crippen molar-refractivity contribution >= 4 is 17.2 Å². The van der Waals surface area contributed by atoms with Crippen LogP contribution in [0.4, 0.5) is 4.39 Å². The first-order chi connectivity index (χ1) is 8.66. The van der Waals surface area contributed by atoms with E-state index in [1.165, 1.54) is 6.20 Å². The molecule has 0 aromatic carbocycles. The number of hydrogen-bond acceptors (Lipinski definition) is 4. The van der Waals surface area contributed by atoms with Crippen LogP contribution in [0, 0.1) is 12.7 Å². The zero-order valence-corrected chi connectivity index (χ0v) is 10.1. The lowest BCUT2D eigenvalue weighted by molar-refractivity contribution is 0.623. The first-order valence-electron chi connectivity index (χ1n) is 5.15. The Hall–Kier alpha value is -2.08. The predicted octanol–water partition coefficient (Wildman–Crippen LogP) is 2.29. The summed E-state index contributed by atoms with van der Waals surface area (Å²) in [5.74, 6) is 0.515. The van der Waals surface area contributed by atoms with Gasteiger partial charge in [0.05, 0.1) is 11.8 Å². The van der Waals surface area contributed by atoms with Gasteiger partial charge in [0.1, 0.15) is 11.0 Å². The van der Waals surface area contributed by atoms with E-state index in [1.54, 1.807) is 23.5 Å². The minimum Gasteiger partial charge on any atom is -0.263 e. The summed E-state index contributed by atoms with van der Waals surface area (Å²) in [5.41, 5.74) is 0.850. The van der Waals surface area contributed by atoms with Crippen molar-refractivity contribution in [3.8, 4) is 11.4 Å². The zero-order valence-electron chi connectivity index (χ0n) is 9.30. The molecule has 90 valence electrons. The van der Waals surface area contributed by atoms with E-state index in [2.05, 4.69) is 20.2 Å². The topological polar surface area (TPSA) is 56.0 Å². The normalized spacial score (nSPS) is 11.1. The average molecular weight is 264 g/mol. The molecular formula is C11H7ClFN5. The summed E-state index contributed by atoms with van der Waals surface area (Å²) in [7, 11) is 0. The Labute approximate surface area is 106 Å². The Bertz CT molecular complexity index is 739. The summed E-state index contributed by atoms with van der Waals surface area (Å²) in [6.45, 7) is 1.75. The highest BCUT2D eigenvalue weighted by molar-refractivity contribution is 6.29. The summed E-state index contributed by atoms with van der Waals surface area (Å²) < 4.78 is 15.3. The fraction of sp³-hybridized carbons (Fsp3) is 0.0909. The van der Waals surface area contributed by atoms with Crippen molar-refractivity contribution in [2.75, 3.05) is 0 Å². The third-order valence-corrected chi connectivity index (χ3v) is 2.74. The minimum atomic E-state index is -0.457. The summed E-state index contributed by atoms with van der Waals surface area (Å²) in [6.07, 6.45) is 2.63. The van der Waals surface area contributed by atoms with Crippen LogP contribution < -0.4 is 0 Å². The maximum atomic E-state index is 13.7. The van der Waals surface area contributed by atoms with Crippen molar-refractivity contribution in [3.05, 3.63) is 41.3 Å². The van der Waals surface area contributed by atoms with Crippen molar-refractivity contribution < 1.29 is 4.39 Å². The van der Waals surface area contributed by atoms with Gasteiger partial charge in [-0.05, 0) is 13.0 Å². The molecule has 0 saturated heterocycles. The number of aromatic nitrogens is 5. The molecule has 3 aromatic heterocycles. The Balaban J connectivity index is 2.35. The summed E-state index contributed by atoms with van der Waals surface area (Å²) in [5, 5.41) is 8.26. The van der Waals surface area contributed by atoms with Gasteiger partial charge in [-0.2, -0.15) is 0 Å². The largest absolute Gasteiger partial charge is 0.263 e. The molecule has 0 amide bonds. The number of halogens is 2. The summed E-state index contributed by atoms with van der Waals surface area (Å²) >= 11 is 5.83. The van der Waals surface area contributed by atoms with Crippen LogP contribution in [0.3, 0.4) is 0 Å². The van der Waals surface area contributed by atoms with Crippen molar-refractivity contribution in [2.45, 2.75) is 6.92 Å². The Kier molecular flexibility index (Phi) is 2.45. The molecule has 0 fully saturated rings. The molecule has 3 rings (SSSR count). The number of fused-ring (bicyclic) bond motifs is 1. The van der Waals surface area contributed by atoms with Gasteiger partial charge >= 0.3 is 0 Å². The number of rotatable bonds is 1. The maximum absolute atomic E-state index is 13.7. The molecule has 3 heterocycles. The van der Waals surface area contributed by atoms with E-state index >= 15 is 0 Å². The first kappa shape index (κ1) is 11.0. The number of hydrogen-bond donors (Lipinski definition) is 0. The minimum absolute atomic E-state index is 0.324. The van der Waals surface area contributed by atoms with E-state index < -0.39 is 5.82 Å². The van der Waals surface area contributed by atoms with Crippen LogP contribution in [0.1, 0.15) is 5.82 Å². The van der Waals surface area contributed by atoms with Gasteiger partial charge in [-0.1, -0.05) is 11.6 Å². The van der Waals surface area contributed by atoms with Crippen LogP contribution in [-0.4, -0.2) is 24.6 Å². The molecule has 0 atom stereocenters. The molecule has 0 aliphatic rings. The SMILES string of the molecule is Cc1nc(Cl)cc2nnc(-c3ccncc3F)n12. The van der Waals surface area contributed by atoms with E-state index in [0.29, 0.717) is 28.0 Å². The van der Waals surface area contributed by atoms with E-state index in [0.717, 1.165) is 6.20 Å². The molecule has 0 radical (unpaired) electrons. The summed E-state index contributed by atoms with van der Waals surface area (Å²) in [6, 6.07) is 3.12. The van der Waals surface area contributed by atoms with Gasteiger partial charge in [-0.25, -0.2) is 9.37 Å². The van der Waals surface area contributed by atoms with Gasteiger partial charge in [0, 0.05) is 12.3 Å². The summed E-state index contributed by atoms with van der Waals surface area (Å²) in [4.78, 5) is 7.80. The lowest BCUT2D eigenvalue weighted by Crippen LogP contribution is -1.99. The van der Waals surface area contributed by atoms with Crippen LogP contribution in [0.2, 0.25) is 5.15 Å². The Morgan fingerprint density at radius 2 is 2.17 bits per heavy atom. The standard InChI is InChI=1S/C11H7ClFN5/c1-6-15-9(12)4-10-16-17-11(18(6)10)7-2-3-14-5-8(7)13/h2-5H,1H3. The van der Waals surface area contributed by atoms with Crippen LogP contribution in [0.25, 0.3) is 17.0 Å². The lowest BCUT2D eigenvalue weighted by atomic mass is 10.2. The van der Waals surface area contributed by atoms with Gasteiger partial charge in [0.25, 0.3) is 0 Å². The maximum Gasteiger partial charge on any atom is 0.172 e. The Morgan fingerprint density at radius 1 is 1.33 bits per heavy atom. The monoisotopic (exact) mass is 263 g/mol. The van der Waals surface area contributed by atoms with Crippen molar-refractivity contribution in [3.63, 3.8) is 0 Å². The molecule has 0 N–H and O–H groups in total. The van der Waals surface area contributed by atoms with E-state index in [-0.39, 0.29) is 0 Å². The molecule has 5 nitrogen and oxygen atoms in total. The second-order valence-electron chi connectivity index (χ2n) is 3.70. The average Bonchev–Trinajstić information content (AvgIpc) is 2.73. The number of nitrogens with zero attached hydrogens (tertiary/aromatic N) is 5. The fourth-order valence-electron chi connectivity index (χ4n) is 1.78. The molecule has 0 bridgehead atoms. The quantitative estimate of drug-likeness (QED) is 0.632. The van der Waals surface area contributed by atoms with Gasteiger partial charge in [0.15, 0.2) is 17.3 Å². The predicted molar refractivity (Wildman–Crippen MR) is 63.7 cm³/mol. The molecule has 18 heavy (non-hydrogen) atoms. The molecule has 0 saturated carbocycles. The van der Waals surface area contributed by atoms with E-state index in [9.17, 15) is 4.39 Å². The molecule has 7 heteroatoms. The van der Waals surface area contributed by atoms with Gasteiger partial charge in [0.2, 0.25) is 0 Å². The third kappa shape index (κ3) is 1.62.